The molecule has 11 nitrogen and oxygen atoms in total. The number of amides is 1. The summed E-state index contributed by atoms with van der Waals surface area (Å²) in [6.45, 7) is 8.67. The van der Waals surface area contributed by atoms with E-state index in [2.05, 4.69) is 49.5 Å². The number of hydrogen-bond donors (Lipinski definition) is 3. The minimum absolute atomic E-state index is 0.0866. The zero-order valence-electron chi connectivity index (χ0n) is 27.5. The van der Waals surface area contributed by atoms with Crippen LogP contribution in [0.15, 0.2) is 48.7 Å². The number of nitrogens with two attached hydrogens (primary N) is 1. The average Bonchev–Trinajstić information content (AvgIpc) is 3.86. The highest BCUT2D eigenvalue weighted by molar-refractivity contribution is 5.97. The van der Waals surface area contributed by atoms with Gasteiger partial charge in [0.15, 0.2) is 17.3 Å². The van der Waals surface area contributed by atoms with Crippen LogP contribution in [0.1, 0.15) is 55.4 Å². The summed E-state index contributed by atoms with van der Waals surface area (Å²) < 4.78 is 5.82. The van der Waals surface area contributed by atoms with E-state index in [0.717, 1.165) is 44.6 Å². The third-order valence-electron chi connectivity index (χ3n) is 11.5. The monoisotopic (exact) mass is 637 g/mol. The summed E-state index contributed by atoms with van der Waals surface area (Å²) in [6, 6.07) is 14.9. The van der Waals surface area contributed by atoms with Crippen molar-refractivity contribution in [3.63, 3.8) is 0 Å². The molecule has 1 atom stereocenters. The molecule has 4 aliphatic heterocycles. The van der Waals surface area contributed by atoms with Gasteiger partial charge < -0.3 is 30.9 Å². The van der Waals surface area contributed by atoms with E-state index in [9.17, 15) is 4.79 Å². The van der Waals surface area contributed by atoms with Gasteiger partial charge in [-0.2, -0.15) is 0 Å². The first-order valence-electron chi connectivity index (χ1n) is 17.4. The highest BCUT2D eigenvalue weighted by Crippen LogP contribution is 2.52. The fourth-order valence-electron chi connectivity index (χ4n) is 8.27. The van der Waals surface area contributed by atoms with Crippen LogP contribution in [0.2, 0.25) is 0 Å². The van der Waals surface area contributed by atoms with Gasteiger partial charge in [-0.1, -0.05) is 6.07 Å². The van der Waals surface area contributed by atoms with Gasteiger partial charge in [-0.15, -0.1) is 0 Å². The van der Waals surface area contributed by atoms with E-state index in [1.807, 2.05) is 30.3 Å². The van der Waals surface area contributed by atoms with Crippen molar-refractivity contribution in [1.82, 2.24) is 24.8 Å². The first-order valence-corrected chi connectivity index (χ1v) is 17.4. The van der Waals surface area contributed by atoms with Crippen LogP contribution in [-0.4, -0.2) is 102 Å². The molecule has 47 heavy (non-hydrogen) atoms. The van der Waals surface area contributed by atoms with Crippen molar-refractivity contribution in [3.05, 3.63) is 54.4 Å². The molecule has 248 valence electrons. The molecule has 0 radical (unpaired) electrons. The lowest BCUT2D eigenvalue weighted by atomic mass is 9.71. The summed E-state index contributed by atoms with van der Waals surface area (Å²) in [7, 11) is 2.25. The Bertz CT molecular complexity index is 1570. The van der Waals surface area contributed by atoms with Crippen LogP contribution in [0.4, 0.5) is 23.0 Å². The molecule has 1 saturated carbocycles. The second-order valence-corrected chi connectivity index (χ2v) is 14.7. The van der Waals surface area contributed by atoms with Gasteiger partial charge in [-0.05, 0) is 107 Å². The predicted molar refractivity (Wildman–Crippen MR) is 184 cm³/mol. The highest BCUT2D eigenvalue weighted by Gasteiger charge is 2.51. The summed E-state index contributed by atoms with van der Waals surface area (Å²) in [6.07, 6.45) is 9.99. The van der Waals surface area contributed by atoms with Crippen LogP contribution in [-0.2, 0) is 4.74 Å². The van der Waals surface area contributed by atoms with E-state index < -0.39 is 5.91 Å². The normalized spacial score (nSPS) is 24.2. The standard InChI is InChI=1S/C36H47N9O2/c1-43-19-14-35(15-20-43)22-45(23-35)27-9-17-44(18-10-27)26-7-5-25(6-8-26)39-34-31(32(37)46)41-30(28-4-2-3-16-38-28)33(42-34)40-29-11-21-47-24-36(29)12-13-36/h2-8,16,27,29H,9-15,17-24H2,1H3,(H2,37,46)(H2,39,40,42). The van der Waals surface area contributed by atoms with Gasteiger partial charge in [0.25, 0.3) is 5.91 Å². The van der Waals surface area contributed by atoms with Crippen molar-refractivity contribution in [1.29, 1.82) is 0 Å². The number of pyridine rings is 1. The number of piperidine rings is 2. The Morgan fingerprint density at radius 2 is 1.70 bits per heavy atom. The Balaban J connectivity index is 0.959. The van der Waals surface area contributed by atoms with Crippen LogP contribution in [0.5, 0.6) is 0 Å². The number of anilines is 4. The largest absolute Gasteiger partial charge is 0.381 e. The van der Waals surface area contributed by atoms with E-state index in [1.165, 1.54) is 57.5 Å². The minimum atomic E-state index is -0.642. The van der Waals surface area contributed by atoms with Gasteiger partial charge in [0.1, 0.15) is 5.69 Å². The van der Waals surface area contributed by atoms with E-state index >= 15 is 0 Å². The number of benzene rings is 1. The maximum Gasteiger partial charge on any atom is 0.271 e. The van der Waals surface area contributed by atoms with E-state index in [1.54, 1.807) is 6.20 Å². The third kappa shape index (κ3) is 6.16. The summed E-state index contributed by atoms with van der Waals surface area (Å²) in [5.74, 6) is 0.289. The van der Waals surface area contributed by atoms with Gasteiger partial charge in [0, 0.05) is 67.9 Å². The highest BCUT2D eigenvalue weighted by atomic mass is 16.5. The number of carbonyl (C=O) groups excluding carboxylic acids is 1. The third-order valence-corrected chi connectivity index (χ3v) is 11.5. The molecule has 1 amide bonds. The van der Waals surface area contributed by atoms with Gasteiger partial charge in [0.05, 0.1) is 12.3 Å². The molecule has 5 aliphatic rings. The molecular formula is C36H47N9O2. The molecule has 2 aromatic heterocycles. The predicted octanol–water partition coefficient (Wildman–Crippen LogP) is 4.36. The topological polar surface area (TPSA) is 125 Å². The second kappa shape index (κ2) is 12.3. The fraction of sp³-hybridized carbons (Fsp3) is 0.556. The SMILES string of the molecule is CN1CCC2(CC1)CN(C1CCN(c3ccc(Nc4nc(NC5CCOCC56CC6)c(-c5ccccn5)nc4C(N)=O)cc3)CC1)C2. The fourth-order valence-corrected chi connectivity index (χ4v) is 8.27. The van der Waals surface area contributed by atoms with Gasteiger partial charge in [-0.25, -0.2) is 9.97 Å². The minimum Gasteiger partial charge on any atom is -0.381 e. The molecular weight excluding hydrogens is 590 g/mol. The van der Waals surface area contributed by atoms with Crippen molar-refractivity contribution in [2.45, 2.75) is 57.0 Å². The van der Waals surface area contributed by atoms with Crippen molar-refractivity contribution in [2.75, 3.05) is 75.1 Å². The summed E-state index contributed by atoms with van der Waals surface area (Å²) in [5, 5.41) is 7.04. The maximum atomic E-state index is 12.7. The molecule has 8 rings (SSSR count). The molecule has 1 aliphatic carbocycles. The van der Waals surface area contributed by atoms with E-state index in [-0.39, 0.29) is 17.2 Å². The average molecular weight is 638 g/mol. The molecule has 5 fully saturated rings. The van der Waals surface area contributed by atoms with Crippen molar-refractivity contribution >= 4 is 28.9 Å². The van der Waals surface area contributed by atoms with Crippen LogP contribution < -0.4 is 21.3 Å². The molecule has 4 saturated heterocycles. The van der Waals surface area contributed by atoms with Crippen molar-refractivity contribution in [3.8, 4) is 11.4 Å². The Morgan fingerprint density at radius 3 is 2.38 bits per heavy atom. The first-order chi connectivity index (χ1) is 22.9. The summed E-state index contributed by atoms with van der Waals surface area (Å²) in [5.41, 5.74) is 9.87. The number of likely N-dealkylation sites (tertiary alicyclic amines) is 2. The molecule has 4 N–H and O–H groups in total. The first kappa shape index (κ1) is 30.5. The molecule has 2 spiro atoms. The number of ether oxygens (including phenoxy) is 1. The number of primary amides is 1. The summed E-state index contributed by atoms with van der Waals surface area (Å²) >= 11 is 0. The van der Waals surface area contributed by atoms with E-state index in [4.69, 9.17) is 20.4 Å². The molecule has 0 bridgehead atoms. The van der Waals surface area contributed by atoms with Crippen LogP contribution in [0.25, 0.3) is 11.4 Å². The lowest BCUT2D eigenvalue weighted by molar-refractivity contribution is -0.0704. The molecule has 11 heteroatoms. The molecule has 3 aromatic rings. The van der Waals surface area contributed by atoms with Crippen molar-refractivity contribution < 1.29 is 9.53 Å². The molecule has 1 aromatic carbocycles. The van der Waals surface area contributed by atoms with Gasteiger partial charge in [0.2, 0.25) is 0 Å². The van der Waals surface area contributed by atoms with Crippen LogP contribution >= 0.6 is 0 Å². The number of carbonyl (C=O) groups is 1. The van der Waals surface area contributed by atoms with Crippen molar-refractivity contribution in [2.24, 2.45) is 16.6 Å². The number of aromatic nitrogens is 3. The quantitative estimate of drug-likeness (QED) is 0.328. The lowest BCUT2D eigenvalue weighted by Gasteiger charge is -2.57. The van der Waals surface area contributed by atoms with Gasteiger partial charge >= 0.3 is 0 Å². The maximum absolute atomic E-state index is 12.7. The number of hydrogen-bond acceptors (Lipinski definition) is 10. The Hall–Kier alpha value is -3.80. The second-order valence-electron chi connectivity index (χ2n) is 14.7. The summed E-state index contributed by atoms with van der Waals surface area (Å²) in [4.78, 5) is 34.6. The number of rotatable bonds is 8. The Morgan fingerprint density at radius 1 is 0.936 bits per heavy atom. The number of nitrogens with zero attached hydrogens (tertiary/aromatic N) is 6. The van der Waals surface area contributed by atoms with Gasteiger partial charge in [-0.3, -0.25) is 14.7 Å². The van der Waals surface area contributed by atoms with E-state index in [0.29, 0.717) is 41.1 Å². The van der Waals surface area contributed by atoms with Crippen LogP contribution in [0, 0.1) is 10.8 Å². The zero-order chi connectivity index (χ0) is 32.0. The molecule has 6 heterocycles. The lowest BCUT2D eigenvalue weighted by Crippen LogP contribution is -2.63. The zero-order valence-corrected chi connectivity index (χ0v) is 27.5. The Kier molecular flexibility index (Phi) is 8.01. The number of nitrogens with one attached hydrogen (secondary N) is 2. The Labute approximate surface area is 277 Å². The van der Waals surface area contributed by atoms with Crippen LogP contribution in [0.3, 0.4) is 0 Å². The molecule has 1 unspecified atom stereocenters. The smallest absolute Gasteiger partial charge is 0.271 e.